The monoisotopic (exact) mass is 500 g/mol. The number of benzene rings is 2. The van der Waals surface area contributed by atoms with E-state index in [4.69, 9.17) is 0 Å². The molecule has 0 atom stereocenters. The van der Waals surface area contributed by atoms with Gasteiger partial charge in [-0.15, -0.1) is 0 Å². The first-order valence-electron chi connectivity index (χ1n) is 14.0. The Balaban J connectivity index is 0.000000142. The molecule has 0 N–H and O–H groups in total. The highest BCUT2D eigenvalue weighted by molar-refractivity contribution is 6.68. The highest BCUT2D eigenvalue weighted by Crippen LogP contribution is 2.57. The van der Waals surface area contributed by atoms with Crippen LogP contribution in [0.1, 0.15) is 49.7 Å². The summed E-state index contributed by atoms with van der Waals surface area (Å²) in [5, 5.41) is 0. The van der Waals surface area contributed by atoms with E-state index in [1.807, 2.05) is 0 Å². The molecule has 4 fully saturated rings. The van der Waals surface area contributed by atoms with Crippen LogP contribution in [0.15, 0.2) is 48.5 Å². The third-order valence-corrected chi connectivity index (χ3v) is 11.5. The summed E-state index contributed by atoms with van der Waals surface area (Å²) in [5.74, 6) is 3.06. The summed E-state index contributed by atoms with van der Waals surface area (Å²) < 4.78 is 5.23. The number of fused-ring (bicyclic) bond motifs is 2. The van der Waals surface area contributed by atoms with Crippen molar-refractivity contribution in [3.05, 3.63) is 59.7 Å². The lowest BCUT2D eigenvalue weighted by Crippen LogP contribution is -2.59. The number of hydrogen-bond donors (Lipinski definition) is 0. The van der Waals surface area contributed by atoms with Crippen LogP contribution in [0.5, 0.6) is 0 Å². The van der Waals surface area contributed by atoms with Crippen LogP contribution in [0, 0.1) is 17.8 Å². The minimum absolute atomic E-state index is 0.483. The Bertz CT molecular complexity index is 1170. The smallest absolute Gasteiger partial charge is 0.321 e. The van der Waals surface area contributed by atoms with Gasteiger partial charge in [-0.3, -0.25) is 4.24 Å². The molecular weight excluding hydrogens is 456 g/mol. The van der Waals surface area contributed by atoms with Crippen molar-refractivity contribution in [1.82, 2.24) is 0 Å². The molecule has 0 saturated heterocycles. The number of para-hydroxylation sites is 2. The minimum Gasteiger partial charge on any atom is -0.321 e. The Morgan fingerprint density at radius 2 is 1.17 bits per heavy atom. The predicted octanol–water partition coefficient (Wildman–Crippen LogP) is 5.85. The van der Waals surface area contributed by atoms with E-state index < -0.39 is 8.24 Å². The molecule has 8 rings (SSSR count). The van der Waals surface area contributed by atoms with Gasteiger partial charge in [0, 0.05) is 33.4 Å². The van der Waals surface area contributed by atoms with Gasteiger partial charge in [0.15, 0.2) is 24.6 Å². The molecule has 5 heteroatoms. The summed E-state index contributed by atoms with van der Waals surface area (Å²) in [6, 6.07) is 17.5. The molecule has 2 heterocycles. The number of nitrogens with zero attached hydrogens (tertiary/aromatic N) is 4. The van der Waals surface area contributed by atoms with Crippen LogP contribution < -0.4 is 9.80 Å². The van der Waals surface area contributed by atoms with E-state index in [1.54, 1.807) is 0 Å². The van der Waals surface area contributed by atoms with Crippen molar-refractivity contribution in [2.45, 2.75) is 63.7 Å². The average Bonchev–Trinajstić information content (AvgIpc) is 2.83. The number of rotatable bonds is 2. The Labute approximate surface area is 219 Å². The van der Waals surface area contributed by atoms with Gasteiger partial charge in [-0.2, -0.15) is 0 Å². The lowest BCUT2D eigenvalue weighted by molar-refractivity contribution is -0.621. The van der Waals surface area contributed by atoms with Gasteiger partial charge in [-0.05, 0) is 80.9 Å². The molecule has 190 valence electrons. The summed E-state index contributed by atoms with van der Waals surface area (Å²) in [6.07, 6.45) is 13.7. The predicted molar refractivity (Wildman–Crippen MR) is 155 cm³/mol. The van der Waals surface area contributed by atoms with Crippen LogP contribution >= 0.6 is 0 Å². The lowest BCUT2D eigenvalue weighted by atomic mass is 9.53. The zero-order valence-electron chi connectivity index (χ0n) is 23.0. The van der Waals surface area contributed by atoms with Crippen LogP contribution in [0.25, 0.3) is 0 Å². The van der Waals surface area contributed by atoms with Crippen molar-refractivity contribution in [2.75, 3.05) is 37.2 Å². The summed E-state index contributed by atoms with van der Waals surface area (Å²) >= 11 is 0. The SMILES string of the molecule is CN1C[N+](C23CC4CC(CC(C4)C2)C3)=Cc2ccccc21.CN1C[N+]([Si](C)(C)C)=Cc2ccccc21. The van der Waals surface area contributed by atoms with Crippen molar-refractivity contribution in [2.24, 2.45) is 17.8 Å². The summed E-state index contributed by atoms with van der Waals surface area (Å²) in [5.41, 5.74) is 5.96. The molecule has 0 radical (unpaired) electrons. The molecule has 0 unspecified atom stereocenters. The van der Waals surface area contributed by atoms with Crippen molar-refractivity contribution >= 4 is 32.0 Å². The van der Waals surface area contributed by atoms with E-state index >= 15 is 0 Å². The molecular formula is C31H44N4Si+2. The summed E-state index contributed by atoms with van der Waals surface area (Å²) in [6.45, 7) is 9.23. The summed E-state index contributed by atoms with van der Waals surface area (Å²) in [4.78, 5) is 4.77. The van der Waals surface area contributed by atoms with Crippen molar-refractivity contribution in [1.29, 1.82) is 0 Å². The molecule has 6 aliphatic rings. The molecule has 4 bridgehead atoms. The largest absolute Gasteiger partial charge is 0.350 e. The number of hydrogen-bond acceptors (Lipinski definition) is 2. The van der Waals surface area contributed by atoms with Crippen LogP contribution in [-0.4, -0.2) is 62.5 Å². The Kier molecular flexibility index (Phi) is 5.90. The fraction of sp³-hybridized carbons (Fsp3) is 0.548. The zero-order chi connectivity index (χ0) is 25.1. The summed E-state index contributed by atoms with van der Waals surface area (Å²) in [7, 11) is 3.18. The van der Waals surface area contributed by atoms with Gasteiger partial charge in [0.1, 0.15) is 0 Å². The van der Waals surface area contributed by atoms with Crippen LogP contribution in [-0.2, 0) is 0 Å². The molecule has 2 aromatic rings. The van der Waals surface area contributed by atoms with E-state index in [-0.39, 0.29) is 0 Å². The van der Waals surface area contributed by atoms with Crippen LogP contribution in [0.4, 0.5) is 11.4 Å². The second-order valence-electron chi connectivity index (χ2n) is 13.3. The first-order chi connectivity index (χ1) is 17.2. The maximum atomic E-state index is 2.72. The Morgan fingerprint density at radius 3 is 1.69 bits per heavy atom. The first kappa shape index (κ1) is 24.0. The maximum Gasteiger partial charge on any atom is 0.350 e. The second kappa shape index (κ2) is 8.86. The van der Waals surface area contributed by atoms with Crippen molar-refractivity contribution in [3.8, 4) is 0 Å². The van der Waals surface area contributed by atoms with Crippen LogP contribution in [0.3, 0.4) is 0 Å². The molecule has 36 heavy (non-hydrogen) atoms. The Hall–Kier alpha value is -2.40. The molecule has 4 saturated carbocycles. The van der Waals surface area contributed by atoms with E-state index in [1.165, 1.54) is 61.0 Å². The molecule has 0 aromatic heterocycles. The van der Waals surface area contributed by atoms with Crippen LogP contribution in [0.2, 0.25) is 19.6 Å². The first-order valence-corrected chi connectivity index (χ1v) is 17.5. The van der Waals surface area contributed by atoms with Gasteiger partial charge >= 0.3 is 8.24 Å². The van der Waals surface area contributed by atoms with E-state index in [2.05, 4.69) is 113 Å². The van der Waals surface area contributed by atoms with E-state index in [0.29, 0.717) is 5.54 Å². The second-order valence-corrected chi connectivity index (χ2v) is 18.2. The third kappa shape index (κ3) is 4.34. The van der Waals surface area contributed by atoms with E-state index in [9.17, 15) is 0 Å². The fourth-order valence-corrected chi connectivity index (χ4v) is 9.19. The Morgan fingerprint density at radius 1 is 0.694 bits per heavy atom. The van der Waals surface area contributed by atoms with Gasteiger partial charge in [0.25, 0.3) is 0 Å². The minimum atomic E-state index is -1.23. The molecule has 2 aromatic carbocycles. The van der Waals surface area contributed by atoms with Crippen molar-refractivity contribution < 1.29 is 8.82 Å². The normalized spacial score (nSPS) is 30.1. The van der Waals surface area contributed by atoms with Gasteiger partial charge in [-0.1, -0.05) is 24.3 Å². The highest BCUT2D eigenvalue weighted by atomic mass is 28.3. The maximum absolute atomic E-state index is 2.72. The lowest BCUT2D eigenvalue weighted by Gasteiger charge is -2.54. The topological polar surface area (TPSA) is 12.5 Å². The standard InChI is InChI=1S/C19H25N2.C12H19N2Si/c1-20-13-21(12-17-4-2-3-5-18(17)20)19-9-14-6-15(10-19)8-16(7-14)11-19;1-13-10-14(15(2,3)4)9-11-7-5-6-8-12(11)13/h2-5,12,14-16H,6-11,13H2,1H3;5-9H,10H2,1-4H3/q2*+1. The zero-order valence-corrected chi connectivity index (χ0v) is 24.0. The third-order valence-electron chi connectivity index (χ3n) is 9.49. The molecule has 4 nitrogen and oxygen atoms in total. The molecule has 0 amide bonds. The van der Waals surface area contributed by atoms with Gasteiger partial charge in [-0.25, -0.2) is 4.58 Å². The number of anilines is 2. The quantitative estimate of drug-likeness (QED) is 0.379. The molecule has 2 aliphatic heterocycles. The molecule has 0 spiro atoms. The highest BCUT2D eigenvalue weighted by Gasteiger charge is 2.57. The average molecular weight is 501 g/mol. The van der Waals surface area contributed by atoms with E-state index in [0.717, 1.165) is 31.1 Å². The van der Waals surface area contributed by atoms with Gasteiger partial charge in [0.2, 0.25) is 6.67 Å². The van der Waals surface area contributed by atoms with Crippen molar-refractivity contribution in [3.63, 3.8) is 0 Å². The fourth-order valence-electron chi connectivity index (χ4n) is 8.02. The molecule has 4 aliphatic carbocycles. The van der Waals surface area contributed by atoms with Gasteiger partial charge < -0.3 is 9.80 Å². The van der Waals surface area contributed by atoms with Gasteiger partial charge in [0.05, 0.1) is 22.5 Å².